The molecule has 0 aliphatic carbocycles. The molecule has 2 rings (SSSR count). The first-order chi connectivity index (χ1) is 11.8. The van der Waals surface area contributed by atoms with Crippen LogP contribution < -0.4 is 5.32 Å². The molecule has 0 atom stereocenters. The van der Waals surface area contributed by atoms with Gasteiger partial charge in [0, 0.05) is 6.20 Å². The van der Waals surface area contributed by atoms with Crippen LogP contribution in [-0.4, -0.2) is 26.8 Å². The summed E-state index contributed by atoms with van der Waals surface area (Å²) in [5.41, 5.74) is -0.363. The third-order valence-corrected chi connectivity index (χ3v) is 4.90. The fraction of sp³-hybridized carbons (Fsp3) is 0.421. The van der Waals surface area contributed by atoms with Crippen molar-refractivity contribution in [3.8, 4) is 0 Å². The Hall–Kier alpha value is -2.63. The molecule has 1 amide bonds. The van der Waals surface area contributed by atoms with Crippen LogP contribution in [0.25, 0.3) is 0 Å². The Morgan fingerprint density at radius 1 is 1.16 bits per heavy atom. The molecule has 0 bridgehead atoms. The minimum atomic E-state index is -1.19. The van der Waals surface area contributed by atoms with E-state index in [1.165, 1.54) is 10.9 Å². The number of rotatable bonds is 7. The van der Waals surface area contributed by atoms with E-state index in [0.717, 1.165) is 5.56 Å². The summed E-state index contributed by atoms with van der Waals surface area (Å²) in [5, 5.41) is 16.3. The molecule has 0 unspecified atom stereocenters. The number of benzene rings is 1. The summed E-state index contributed by atoms with van der Waals surface area (Å²) < 4.78 is 1.34. The number of carbonyl (C=O) groups excluding carboxylic acids is 1. The number of nitrogens with zero attached hydrogens (tertiary/aromatic N) is 2. The third kappa shape index (κ3) is 3.43. The first-order valence-corrected chi connectivity index (χ1v) is 8.43. The molecule has 0 radical (unpaired) electrons. The maximum absolute atomic E-state index is 13.0. The van der Waals surface area contributed by atoms with Gasteiger partial charge in [0.15, 0.2) is 5.54 Å². The number of carboxylic acids is 1. The molecule has 0 spiro atoms. The predicted molar refractivity (Wildman–Crippen MR) is 96.5 cm³/mol. The monoisotopic (exact) mass is 343 g/mol. The van der Waals surface area contributed by atoms with Crippen LogP contribution in [0.1, 0.15) is 46.1 Å². The van der Waals surface area contributed by atoms with Gasteiger partial charge in [0.05, 0.1) is 17.3 Å². The molecule has 1 heterocycles. The predicted octanol–water partition coefficient (Wildman–Crippen LogP) is 3.40. The van der Waals surface area contributed by atoms with Gasteiger partial charge in [-0.25, -0.2) is 4.79 Å². The highest BCUT2D eigenvalue weighted by molar-refractivity contribution is 5.99. The fourth-order valence-electron chi connectivity index (χ4n) is 2.91. The second-order valence-electron chi connectivity index (χ2n) is 6.65. The van der Waals surface area contributed by atoms with Crippen molar-refractivity contribution in [1.82, 2.24) is 9.78 Å². The summed E-state index contributed by atoms with van der Waals surface area (Å²) in [6.45, 7) is 7.10. The summed E-state index contributed by atoms with van der Waals surface area (Å²) in [7, 11) is 0. The van der Waals surface area contributed by atoms with Gasteiger partial charge in [0.1, 0.15) is 0 Å². The number of hydrogen-bond acceptors (Lipinski definition) is 3. The van der Waals surface area contributed by atoms with E-state index in [9.17, 15) is 14.7 Å². The lowest BCUT2D eigenvalue weighted by atomic mass is 9.75. The average molecular weight is 343 g/mol. The summed E-state index contributed by atoms with van der Waals surface area (Å²) in [5.74, 6) is -1.11. The molecule has 1 aromatic carbocycles. The van der Waals surface area contributed by atoms with Crippen molar-refractivity contribution in [2.45, 2.75) is 51.5 Å². The number of aliphatic carboxylic acids is 1. The Balaban J connectivity index is 2.29. The maximum Gasteiger partial charge on any atom is 0.331 e. The summed E-state index contributed by atoms with van der Waals surface area (Å²) in [6.07, 6.45) is 4.35. The molecule has 0 saturated heterocycles. The van der Waals surface area contributed by atoms with E-state index in [2.05, 4.69) is 10.4 Å². The van der Waals surface area contributed by atoms with Gasteiger partial charge < -0.3 is 10.4 Å². The number of aromatic nitrogens is 2. The molecule has 6 heteroatoms. The van der Waals surface area contributed by atoms with Gasteiger partial charge in [-0.15, -0.1) is 0 Å². The van der Waals surface area contributed by atoms with Gasteiger partial charge in [-0.1, -0.05) is 44.2 Å². The summed E-state index contributed by atoms with van der Waals surface area (Å²) >= 11 is 0. The van der Waals surface area contributed by atoms with Crippen LogP contribution >= 0.6 is 0 Å². The summed E-state index contributed by atoms with van der Waals surface area (Å²) in [4.78, 5) is 24.4. The van der Waals surface area contributed by atoms with E-state index in [1.807, 2.05) is 44.2 Å². The Bertz CT molecular complexity index is 746. The molecule has 6 nitrogen and oxygen atoms in total. The lowest BCUT2D eigenvalue weighted by Gasteiger charge is -2.30. The van der Waals surface area contributed by atoms with Crippen molar-refractivity contribution >= 4 is 17.6 Å². The lowest BCUT2D eigenvalue weighted by Crippen LogP contribution is -2.39. The highest BCUT2D eigenvalue weighted by Crippen LogP contribution is 2.33. The first-order valence-electron chi connectivity index (χ1n) is 8.43. The van der Waals surface area contributed by atoms with Crippen LogP contribution in [0.4, 0.5) is 5.69 Å². The highest BCUT2D eigenvalue weighted by atomic mass is 16.4. The van der Waals surface area contributed by atoms with Crippen molar-refractivity contribution in [2.24, 2.45) is 0 Å². The molecular formula is C19H25N3O3. The first kappa shape index (κ1) is 18.7. The van der Waals surface area contributed by atoms with Gasteiger partial charge in [-0.05, 0) is 32.3 Å². The molecule has 134 valence electrons. The number of carboxylic acid groups (broad SMARTS) is 1. The number of anilines is 1. The van der Waals surface area contributed by atoms with E-state index < -0.39 is 16.9 Å². The van der Waals surface area contributed by atoms with Crippen molar-refractivity contribution in [2.75, 3.05) is 5.32 Å². The number of carbonyl (C=O) groups is 2. The molecule has 25 heavy (non-hydrogen) atoms. The van der Waals surface area contributed by atoms with Gasteiger partial charge in [-0.3, -0.25) is 9.48 Å². The highest BCUT2D eigenvalue weighted by Gasteiger charge is 2.37. The van der Waals surface area contributed by atoms with E-state index in [4.69, 9.17) is 0 Å². The quantitative estimate of drug-likeness (QED) is 0.807. The molecule has 0 saturated carbocycles. The molecule has 0 aliphatic rings. The number of amides is 1. The second kappa shape index (κ2) is 7.09. The number of hydrogen-bond donors (Lipinski definition) is 2. The Kier molecular flexibility index (Phi) is 5.30. The van der Waals surface area contributed by atoms with Crippen molar-refractivity contribution in [3.05, 3.63) is 48.3 Å². The Labute approximate surface area is 147 Å². The molecule has 0 fully saturated rings. The Morgan fingerprint density at radius 3 is 2.28 bits per heavy atom. The topological polar surface area (TPSA) is 84.2 Å². The van der Waals surface area contributed by atoms with Crippen LogP contribution in [0.5, 0.6) is 0 Å². The molecule has 2 aromatic rings. The fourth-order valence-corrected chi connectivity index (χ4v) is 2.91. The van der Waals surface area contributed by atoms with Gasteiger partial charge in [-0.2, -0.15) is 5.10 Å². The Morgan fingerprint density at radius 2 is 1.76 bits per heavy atom. The van der Waals surface area contributed by atoms with Crippen LogP contribution in [-0.2, 0) is 20.5 Å². The average Bonchev–Trinajstić information content (AvgIpc) is 3.06. The minimum absolute atomic E-state index is 0.114. The van der Waals surface area contributed by atoms with E-state index in [1.54, 1.807) is 20.0 Å². The van der Waals surface area contributed by atoms with E-state index in [-0.39, 0.29) is 5.91 Å². The van der Waals surface area contributed by atoms with Crippen LogP contribution in [0.15, 0.2) is 42.7 Å². The third-order valence-electron chi connectivity index (χ3n) is 4.90. The van der Waals surface area contributed by atoms with E-state index >= 15 is 0 Å². The van der Waals surface area contributed by atoms with E-state index in [0.29, 0.717) is 18.5 Å². The molecule has 2 N–H and O–H groups in total. The SMILES string of the molecule is CCC(CC)(C(=O)Nc1cnn(C(C)(C)C(=O)O)c1)c1ccccc1. The molecule has 1 aromatic heterocycles. The largest absolute Gasteiger partial charge is 0.479 e. The number of nitrogens with one attached hydrogen (secondary N) is 1. The molecular weight excluding hydrogens is 318 g/mol. The van der Waals surface area contributed by atoms with Crippen molar-refractivity contribution in [3.63, 3.8) is 0 Å². The summed E-state index contributed by atoms with van der Waals surface area (Å²) in [6, 6.07) is 9.70. The van der Waals surface area contributed by atoms with Crippen molar-refractivity contribution in [1.29, 1.82) is 0 Å². The van der Waals surface area contributed by atoms with Crippen LogP contribution in [0.2, 0.25) is 0 Å². The van der Waals surface area contributed by atoms with Gasteiger partial charge >= 0.3 is 5.97 Å². The normalized spacial score (nSPS) is 12.0. The molecule has 0 aliphatic heterocycles. The smallest absolute Gasteiger partial charge is 0.331 e. The zero-order chi connectivity index (χ0) is 18.7. The lowest BCUT2D eigenvalue weighted by molar-refractivity contribution is -0.146. The minimum Gasteiger partial charge on any atom is -0.479 e. The standard InChI is InChI=1S/C19H25N3O3/c1-5-19(6-2,14-10-8-7-9-11-14)16(23)21-15-12-20-22(13-15)18(3,4)17(24)25/h7-13H,5-6H2,1-4H3,(H,21,23)(H,24,25). The zero-order valence-corrected chi connectivity index (χ0v) is 15.1. The zero-order valence-electron chi connectivity index (χ0n) is 15.1. The van der Waals surface area contributed by atoms with Crippen LogP contribution in [0, 0.1) is 0 Å². The second-order valence-corrected chi connectivity index (χ2v) is 6.65. The van der Waals surface area contributed by atoms with Crippen molar-refractivity contribution < 1.29 is 14.7 Å². The van der Waals surface area contributed by atoms with Gasteiger partial charge in [0.25, 0.3) is 0 Å². The maximum atomic E-state index is 13.0. The van der Waals surface area contributed by atoms with Crippen LogP contribution in [0.3, 0.4) is 0 Å². The van der Waals surface area contributed by atoms with Gasteiger partial charge in [0.2, 0.25) is 5.91 Å².